The molecular weight excluding hydrogens is 234 g/mol. The Morgan fingerprint density at radius 3 is 2.53 bits per heavy atom. The lowest BCUT2D eigenvalue weighted by Gasteiger charge is -2.45. The maximum absolute atomic E-state index is 11.5. The van der Waals surface area contributed by atoms with Crippen molar-refractivity contribution in [2.45, 2.75) is 43.4 Å². The van der Waals surface area contributed by atoms with E-state index in [4.69, 9.17) is 10.7 Å². The predicted octanol–water partition coefficient (Wildman–Crippen LogP) is 1.82. The summed E-state index contributed by atoms with van der Waals surface area (Å²) in [5.41, 5.74) is 0. The molecule has 0 aromatic carbocycles. The monoisotopic (exact) mass is 251 g/mol. The Bertz CT molecular complexity index is 328. The molecular formula is C10H18ClNO2S. The molecule has 1 saturated heterocycles. The maximum Gasteiger partial charge on any atom is 0.237 e. The van der Waals surface area contributed by atoms with Gasteiger partial charge in [0, 0.05) is 16.7 Å². The summed E-state index contributed by atoms with van der Waals surface area (Å²) in [6.07, 6.45) is 5.26. The van der Waals surface area contributed by atoms with E-state index in [-0.39, 0.29) is 11.3 Å². The standard InChI is InChI=1S/C10H18ClNO2S/c1-12-7-3-5-8-4-2-6-9(10(8)12)15(11,13)14/h8-10H,2-7H2,1H3/t8-,9-,10-/m0/s1. The van der Waals surface area contributed by atoms with Gasteiger partial charge in [-0.1, -0.05) is 6.42 Å². The first-order chi connectivity index (χ1) is 7.00. The summed E-state index contributed by atoms with van der Waals surface area (Å²) >= 11 is 0. The van der Waals surface area contributed by atoms with E-state index >= 15 is 0 Å². The summed E-state index contributed by atoms with van der Waals surface area (Å²) in [6, 6.07) is 0.162. The molecule has 0 aromatic rings. The van der Waals surface area contributed by atoms with E-state index in [1.165, 1.54) is 6.42 Å². The van der Waals surface area contributed by atoms with Crippen molar-refractivity contribution in [1.29, 1.82) is 0 Å². The second-order valence-electron chi connectivity index (χ2n) is 4.82. The van der Waals surface area contributed by atoms with Crippen LogP contribution in [0.25, 0.3) is 0 Å². The molecule has 1 aliphatic heterocycles. The smallest absolute Gasteiger partial charge is 0.237 e. The number of rotatable bonds is 1. The zero-order valence-electron chi connectivity index (χ0n) is 9.02. The van der Waals surface area contributed by atoms with Crippen LogP contribution in [-0.2, 0) is 9.05 Å². The van der Waals surface area contributed by atoms with Crippen molar-refractivity contribution in [3.05, 3.63) is 0 Å². The Morgan fingerprint density at radius 1 is 1.20 bits per heavy atom. The van der Waals surface area contributed by atoms with E-state index in [0.717, 1.165) is 32.2 Å². The van der Waals surface area contributed by atoms with Gasteiger partial charge in [0.2, 0.25) is 9.05 Å². The van der Waals surface area contributed by atoms with Crippen molar-refractivity contribution in [1.82, 2.24) is 4.90 Å². The number of hydrogen-bond acceptors (Lipinski definition) is 3. The van der Waals surface area contributed by atoms with E-state index in [2.05, 4.69) is 4.90 Å². The van der Waals surface area contributed by atoms with Gasteiger partial charge >= 0.3 is 0 Å². The Hall–Kier alpha value is 0.200. The topological polar surface area (TPSA) is 37.4 Å². The van der Waals surface area contributed by atoms with Crippen LogP contribution < -0.4 is 0 Å². The minimum Gasteiger partial charge on any atom is -0.302 e. The number of hydrogen-bond donors (Lipinski definition) is 0. The van der Waals surface area contributed by atoms with Gasteiger partial charge in [0.15, 0.2) is 0 Å². The van der Waals surface area contributed by atoms with Crippen LogP contribution in [0.2, 0.25) is 0 Å². The second-order valence-corrected chi connectivity index (χ2v) is 7.67. The van der Waals surface area contributed by atoms with Crippen LogP contribution in [0.15, 0.2) is 0 Å². The summed E-state index contributed by atoms with van der Waals surface area (Å²) < 4.78 is 23.1. The van der Waals surface area contributed by atoms with Crippen molar-refractivity contribution in [2.75, 3.05) is 13.6 Å². The summed E-state index contributed by atoms with van der Waals surface area (Å²) in [5.74, 6) is 0.538. The zero-order chi connectivity index (χ0) is 11.1. The second kappa shape index (κ2) is 4.22. The van der Waals surface area contributed by atoms with Crippen LogP contribution in [0.5, 0.6) is 0 Å². The number of halogens is 1. The van der Waals surface area contributed by atoms with Crippen molar-refractivity contribution in [3.8, 4) is 0 Å². The average Bonchev–Trinajstić information content (AvgIpc) is 2.16. The summed E-state index contributed by atoms with van der Waals surface area (Å²) in [4.78, 5) is 2.19. The largest absolute Gasteiger partial charge is 0.302 e. The van der Waals surface area contributed by atoms with Crippen molar-refractivity contribution < 1.29 is 8.42 Å². The molecule has 2 rings (SSSR count). The Labute approximate surface area is 96.2 Å². The molecule has 0 bridgehead atoms. The highest BCUT2D eigenvalue weighted by Gasteiger charge is 2.43. The van der Waals surface area contributed by atoms with E-state index in [1.807, 2.05) is 7.05 Å². The molecule has 1 saturated carbocycles. The lowest BCUT2D eigenvalue weighted by atomic mass is 9.78. The average molecular weight is 252 g/mol. The SMILES string of the molecule is CN1CCC[C@@H]2CCC[C@H](S(=O)(=O)Cl)[C@H]21. The first-order valence-corrected chi connectivity index (χ1v) is 8.01. The molecule has 88 valence electrons. The van der Waals surface area contributed by atoms with Crippen LogP contribution >= 0.6 is 10.7 Å². The highest BCUT2D eigenvalue weighted by atomic mass is 35.7. The molecule has 2 fully saturated rings. The minimum absolute atomic E-state index is 0.162. The van der Waals surface area contributed by atoms with E-state index in [1.54, 1.807) is 0 Å². The molecule has 1 heterocycles. The highest BCUT2D eigenvalue weighted by Crippen LogP contribution is 2.38. The molecule has 2 aliphatic rings. The third kappa shape index (κ3) is 2.32. The number of piperidine rings is 1. The van der Waals surface area contributed by atoms with Gasteiger partial charge in [-0.15, -0.1) is 0 Å². The summed E-state index contributed by atoms with van der Waals surface area (Å²) in [6.45, 7) is 1.00. The molecule has 1 aliphatic carbocycles. The van der Waals surface area contributed by atoms with Gasteiger partial charge < -0.3 is 4.90 Å². The summed E-state index contributed by atoms with van der Waals surface area (Å²) in [5, 5.41) is -0.344. The fourth-order valence-electron chi connectivity index (χ4n) is 3.24. The third-order valence-electron chi connectivity index (χ3n) is 3.88. The first-order valence-electron chi connectivity index (χ1n) is 5.64. The van der Waals surface area contributed by atoms with Gasteiger partial charge in [0.25, 0.3) is 0 Å². The van der Waals surface area contributed by atoms with Crippen LogP contribution in [0.3, 0.4) is 0 Å². The molecule has 0 radical (unpaired) electrons. The molecule has 15 heavy (non-hydrogen) atoms. The summed E-state index contributed by atoms with van der Waals surface area (Å²) in [7, 11) is 4.17. The predicted molar refractivity (Wildman–Crippen MR) is 61.6 cm³/mol. The number of likely N-dealkylation sites (tertiary alicyclic amines) is 1. The third-order valence-corrected chi connectivity index (χ3v) is 5.81. The molecule has 3 nitrogen and oxygen atoms in total. The first kappa shape index (κ1) is 11.7. The van der Waals surface area contributed by atoms with Crippen LogP contribution in [-0.4, -0.2) is 38.2 Å². The zero-order valence-corrected chi connectivity index (χ0v) is 10.6. The molecule has 0 aromatic heterocycles. The fraction of sp³-hybridized carbons (Fsp3) is 1.00. The molecule has 0 N–H and O–H groups in total. The fourth-order valence-corrected chi connectivity index (χ4v) is 5.04. The molecule has 0 unspecified atom stereocenters. The molecule has 0 spiro atoms. The maximum atomic E-state index is 11.5. The molecule has 0 amide bonds. The number of nitrogens with zero attached hydrogens (tertiary/aromatic N) is 1. The molecule has 5 heteroatoms. The normalized spacial score (nSPS) is 38.7. The van der Waals surface area contributed by atoms with E-state index in [9.17, 15) is 8.42 Å². The van der Waals surface area contributed by atoms with Gasteiger partial charge in [-0.2, -0.15) is 0 Å². The Kier molecular flexibility index (Phi) is 3.29. The van der Waals surface area contributed by atoms with Gasteiger partial charge in [-0.05, 0) is 45.2 Å². The highest BCUT2D eigenvalue weighted by molar-refractivity contribution is 8.14. The minimum atomic E-state index is -3.40. The van der Waals surface area contributed by atoms with E-state index < -0.39 is 9.05 Å². The van der Waals surface area contributed by atoms with Crippen LogP contribution in [0.1, 0.15) is 32.1 Å². The molecule has 3 atom stereocenters. The van der Waals surface area contributed by atoms with E-state index in [0.29, 0.717) is 5.92 Å². The Balaban J connectivity index is 2.24. The van der Waals surface area contributed by atoms with Crippen molar-refractivity contribution in [3.63, 3.8) is 0 Å². The Morgan fingerprint density at radius 2 is 1.87 bits per heavy atom. The van der Waals surface area contributed by atoms with Gasteiger partial charge in [-0.3, -0.25) is 0 Å². The van der Waals surface area contributed by atoms with Crippen LogP contribution in [0, 0.1) is 5.92 Å². The van der Waals surface area contributed by atoms with Crippen molar-refractivity contribution >= 4 is 19.7 Å². The van der Waals surface area contributed by atoms with Gasteiger partial charge in [0.1, 0.15) is 0 Å². The van der Waals surface area contributed by atoms with Crippen molar-refractivity contribution in [2.24, 2.45) is 5.92 Å². The quantitative estimate of drug-likeness (QED) is 0.667. The van der Waals surface area contributed by atoms with Gasteiger partial charge in [0.05, 0.1) is 5.25 Å². The number of fused-ring (bicyclic) bond motifs is 1. The lowest BCUT2D eigenvalue weighted by Crippen LogP contribution is -2.53. The van der Waals surface area contributed by atoms with Crippen LogP contribution in [0.4, 0.5) is 0 Å². The van der Waals surface area contributed by atoms with Gasteiger partial charge in [-0.25, -0.2) is 8.42 Å². The lowest BCUT2D eigenvalue weighted by molar-refractivity contribution is 0.0872.